The number of nitrogens with one attached hydrogen (secondary N) is 1. The number of piperidine rings is 1. The molecule has 9 heteroatoms. The third kappa shape index (κ3) is 4.69. The molecule has 29 heavy (non-hydrogen) atoms. The summed E-state index contributed by atoms with van der Waals surface area (Å²) in [6.07, 6.45) is 2.67. The molecule has 1 heterocycles. The average molecular weight is 457 g/mol. The van der Waals surface area contributed by atoms with Crippen LogP contribution in [0.2, 0.25) is 10.0 Å². The first-order valence-corrected chi connectivity index (χ1v) is 11.4. The molecule has 3 rings (SSSR count). The first kappa shape index (κ1) is 21.9. The van der Waals surface area contributed by atoms with Crippen LogP contribution in [0, 0.1) is 6.92 Å². The highest BCUT2D eigenvalue weighted by Gasteiger charge is 2.27. The largest absolute Gasteiger partial charge is 0.495 e. The Kier molecular flexibility index (Phi) is 6.73. The standard InChI is InChI=1S/C20H22Cl2N2O4S/c1-13-10-18(19(28-2)12-17(13)22)23-20(25)15-11-14(6-7-16(15)21)29(26,27)24-8-4-3-5-9-24/h6-7,10-12H,3-5,8-9H2,1-2H3,(H,23,25). The van der Waals surface area contributed by atoms with Gasteiger partial charge < -0.3 is 10.1 Å². The van der Waals surface area contributed by atoms with E-state index in [1.807, 2.05) is 0 Å². The minimum Gasteiger partial charge on any atom is -0.495 e. The minimum atomic E-state index is -3.68. The number of nitrogens with zero attached hydrogens (tertiary/aromatic N) is 1. The second-order valence-electron chi connectivity index (χ2n) is 6.86. The van der Waals surface area contributed by atoms with Crippen molar-refractivity contribution in [1.82, 2.24) is 4.31 Å². The Hall–Kier alpha value is -1.80. The maximum atomic E-state index is 12.9. The van der Waals surface area contributed by atoms with Gasteiger partial charge in [0.25, 0.3) is 5.91 Å². The highest BCUT2D eigenvalue weighted by molar-refractivity contribution is 7.89. The third-order valence-corrected chi connectivity index (χ3v) is 7.50. The van der Waals surface area contributed by atoms with E-state index in [9.17, 15) is 13.2 Å². The quantitative estimate of drug-likeness (QED) is 0.704. The van der Waals surface area contributed by atoms with Crippen molar-refractivity contribution in [1.29, 1.82) is 0 Å². The van der Waals surface area contributed by atoms with Gasteiger partial charge in [0.1, 0.15) is 5.75 Å². The fourth-order valence-electron chi connectivity index (χ4n) is 3.21. The van der Waals surface area contributed by atoms with Crippen LogP contribution in [0.1, 0.15) is 35.2 Å². The van der Waals surface area contributed by atoms with Crippen LogP contribution in [0.15, 0.2) is 35.2 Å². The van der Waals surface area contributed by atoms with Gasteiger partial charge in [-0.05, 0) is 49.6 Å². The normalized spacial score (nSPS) is 15.2. The molecule has 0 radical (unpaired) electrons. The van der Waals surface area contributed by atoms with Gasteiger partial charge in [0.15, 0.2) is 0 Å². The molecule has 1 aliphatic heterocycles. The van der Waals surface area contributed by atoms with Gasteiger partial charge in [-0.25, -0.2) is 8.42 Å². The van der Waals surface area contributed by atoms with Crippen LogP contribution >= 0.6 is 23.2 Å². The van der Waals surface area contributed by atoms with Crippen molar-refractivity contribution in [3.63, 3.8) is 0 Å². The van der Waals surface area contributed by atoms with E-state index in [1.165, 1.54) is 29.6 Å². The first-order valence-electron chi connectivity index (χ1n) is 9.19. The summed E-state index contributed by atoms with van der Waals surface area (Å²) in [7, 11) is -2.21. The van der Waals surface area contributed by atoms with Crippen LogP contribution in [-0.2, 0) is 10.0 Å². The van der Waals surface area contributed by atoms with E-state index in [-0.39, 0.29) is 15.5 Å². The molecule has 1 amide bonds. The predicted molar refractivity (Wildman–Crippen MR) is 115 cm³/mol. The molecule has 0 atom stereocenters. The summed E-state index contributed by atoms with van der Waals surface area (Å²) in [6, 6.07) is 7.46. The summed E-state index contributed by atoms with van der Waals surface area (Å²) in [5.74, 6) is -0.145. The fourth-order valence-corrected chi connectivity index (χ4v) is 5.11. The SMILES string of the molecule is COc1cc(Cl)c(C)cc1NC(=O)c1cc(S(=O)(=O)N2CCCCC2)ccc1Cl. The molecule has 1 N–H and O–H groups in total. The Morgan fingerprint density at radius 2 is 1.76 bits per heavy atom. The molecule has 0 aromatic heterocycles. The topological polar surface area (TPSA) is 75.7 Å². The van der Waals surface area contributed by atoms with Gasteiger partial charge in [-0.3, -0.25) is 4.79 Å². The second-order valence-corrected chi connectivity index (χ2v) is 9.61. The van der Waals surface area contributed by atoms with Crippen molar-refractivity contribution in [2.24, 2.45) is 0 Å². The molecular formula is C20H22Cl2N2O4S. The molecule has 0 unspecified atom stereocenters. The smallest absolute Gasteiger partial charge is 0.257 e. The Morgan fingerprint density at radius 1 is 1.07 bits per heavy atom. The monoisotopic (exact) mass is 456 g/mol. The van der Waals surface area contributed by atoms with Gasteiger partial charge in [-0.2, -0.15) is 4.31 Å². The van der Waals surface area contributed by atoms with Crippen LogP contribution in [0.4, 0.5) is 5.69 Å². The lowest BCUT2D eigenvalue weighted by Gasteiger charge is -2.26. The number of rotatable bonds is 5. The van der Waals surface area contributed by atoms with Gasteiger partial charge >= 0.3 is 0 Å². The minimum absolute atomic E-state index is 0.0493. The average Bonchev–Trinajstić information content (AvgIpc) is 2.71. The molecule has 0 saturated carbocycles. The summed E-state index contributed by atoms with van der Waals surface area (Å²) < 4.78 is 32.6. The Bertz CT molecular complexity index is 1040. The van der Waals surface area contributed by atoms with Crippen molar-refractivity contribution in [3.05, 3.63) is 51.5 Å². The molecular weight excluding hydrogens is 435 g/mol. The number of methoxy groups -OCH3 is 1. The van der Waals surface area contributed by atoms with Gasteiger partial charge in [0.05, 0.1) is 28.3 Å². The second kappa shape index (κ2) is 8.92. The van der Waals surface area contributed by atoms with Crippen molar-refractivity contribution in [2.75, 3.05) is 25.5 Å². The van der Waals surface area contributed by atoms with Crippen molar-refractivity contribution in [2.45, 2.75) is 31.1 Å². The highest BCUT2D eigenvalue weighted by atomic mass is 35.5. The van der Waals surface area contributed by atoms with Crippen LogP contribution in [-0.4, -0.2) is 38.8 Å². The number of carbonyl (C=O) groups is 1. The van der Waals surface area contributed by atoms with Gasteiger partial charge in [0, 0.05) is 24.2 Å². The van der Waals surface area contributed by atoms with E-state index in [0.29, 0.717) is 29.5 Å². The molecule has 1 saturated heterocycles. The molecule has 1 aliphatic rings. The van der Waals surface area contributed by atoms with E-state index in [1.54, 1.807) is 19.1 Å². The summed E-state index contributed by atoms with van der Waals surface area (Å²) in [6.45, 7) is 2.76. The van der Waals surface area contributed by atoms with E-state index in [2.05, 4.69) is 5.32 Å². The van der Waals surface area contributed by atoms with Gasteiger partial charge in [0.2, 0.25) is 10.0 Å². The molecule has 0 spiro atoms. The number of hydrogen-bond acceptors (Lipinski definition) is 4. The molecule has 0 bridgehead atoms. The van der Waals surface area contributed by atoms with E-state index in [4.69, 9.17) is 27.9 Å². The summed E-state index contributed by atoms with van der Waals surface area (Å²) in [4.78, 5) is 12.9. The number of aryl methyl sites for hydroxylation is 1. The van der Waals surface area contributed by atoms with E-state index >= 15 is 0 Å². The van der Waals surface area contributed by atoms with E-state index in [0.717, 1.165) is 24.8 Å². The molecule has 6 nitrogen and oxygen atoms in total. The number of amides is 1. The molecule has 2 aromatic rings. The van der Waals surface area contributed by atoms with Crippen molar-refractivity contribution in [3.8, 4) is 5.75 Å². The lowest BCUT2D eigenvalue weighted by Crippen LogP contribution is -2.35. The van der Waals surface area contributed by atoms with Crippen molar-refractivity contribution < 1.29 is 17.9 Å². The fraction of sp³-hybridized carbons (Fsp3) is 0.350. The number of sulfonamides is 1. The Balaban J connectivity index is 1.92. The number of halogens is 2. The predicted octanol–water partition coefficient (Wildman–Crippen LogP) is 4.74. The number of carbonyl (C=O) groups excluding carboxylic acids is 1. The Labute approximate surface area is 180 Å². The van der Waals surface area contributed by atoms with Gasteiger partial charge in [-0.1, -0.05) is 29.6 Å². The van der Waals surface area contributed by atoms with Crippen LogP contribution in [0.5, 0.6) is 5.75 Å². The van der Waals surface area contributed by atoms with Gasteiger partial charge in [-0.15, -0.1) is 0 Å². The maximum absolute atomic E-state index is 12.9. The molecule has 1 fully saturated rings. The third-order valence-electron chi connectivity index (χ3n) is 4.86. The number of hydrogen-bond donors (Lipinski definition) is 1. The zero-order valence-electron chi connectivity index (χ0n) is 16.2. The number of anilines is 1. The molecule has 2 aromatic carbocycles. The number of ether oxygens (including phenoxy) is 1. The summed E-state index contributed by atoms with van der Waals surface area (Å²) in [5, 5.41) is 3.39. The molecule has 0 aliphatic carbocycles. The van der Waals surface area contributed by atoms with Crippen LogP contribution in [0.3, 0.4) is 0 Å². The number of benzene rings is 2. The summed E-state index contributed by atoms with van der Waals surface area (Å²) in [5.41, 5.74) is 1.24. The zero-order valence-corrected chi connectivity index (χ0v) is 18.5. The highest BCUT2D eigenvalue weighted by Crippen LogP contribution is 2.32. The van der Waals surface area contributed by atoms with Crippen LogP contribution < -0.4 is 10.1 Å². The Morgan fingerprint density at radius 3 is 2.41 bits per heavy atom. The van der Waals surface area contributed by atoms with E-state index < -0.39 is 15.9 Å². The summed E-state index contributed by atoms with van der Waals surface area (Å²) >= 11 is 12.3. The zero-order chi connectivity index (χ0) is 21.2. The van der Waals surface area contributed by atoms with Crippen LogP contribution in [0.25, 0.3) is 0 Å². The lowest BCUT2D eigenvalue weighted by molar-refractivity contribution is 0.102. The molecule has 156 valence electrons. The lowest BCUT2D eigenvalue weighted by atomic mass is 10.1. The van der Waals surface area contributed by atoms with Crippen molar-refractivity contribution >= 4 is 44.8 Å². The first-order chi connectivity index (χ1) is 13.7. The maximum Gasteiger partial charge on any atom is 0.257 e.